The molecule has 12 amide bonds. The van der Waals surface area contributed by atoms with Gasteiger partial charge in [0.05, 0.1) is 24.7 Å². The summed E-state index contributed by atoms with van der Waals surface area (Å²) < 4.78 is -1.36. The van der Waals surface area contributed by atoms with Gasteiger partial charge in [0.2, 0.25) is 70.9 Å². The van der Waals surface area contributed by atoms with Gasteiger partial charge in [-0.3, -0.25) is 62.9 Å². The number of carboxylic acids is 1. The van der Waals surface area contributed by atoms with Gasteiger partial charge < -0.3 is 129 Å². The third-order valence-electron chi connectivity index (χ3n) is 15.4. The standard InChI is InChI=1S/C62H102N20O18S2/c1-30(83)46(80-53(92)40(19-23-65)74-50(89)38(9-7-25-71-61(69)70)73-55(94)42(28-45(68)87)77-59(98)48(62(3,4)102)82-49(88)36(67)26-32-10-14-34(85)15-11-32)57(96)76-39(18-22-64)52(91)72-37(8-5-6-21-63)51(90)79-44(29-101)56(95)75-41(20-24-66)54(93)81-47(31(2)84)58(97)78-43(60(99)100)27-33-12-16-35(86)17-13-33/h10-17,30-31,36-44,46-48,83-86,101-102H,5-9,18-29,63-67H2,1-4H3,(H2,68,87)(H,72,91)(H,73,94)(H,74,89)(H,75,95)(H,76,96)(H,77,98)(H,78,97)(H,79,90)(H,80,92)(H,81,93)(H,82,88)(H,99,100)(H4,69,70,71)/t30-,31-,36+,37+,38+,39-,40+,41+,42+,43+,44+,46+,47+,48-/m1/s1. The van der Waals surface area contributed by atoms with E-state index in [1.54, 1.807) is 0 Å². The molecule has 0 saturated carbocycles. The Hall–Kier alpha value is -9.16. The van der Waals surface area contributed by atoms with Crippen molar-refractivity contribution >= 4 is 108 Å². The second-order valence-electron chi connectivity index (χ2n) is 24.6. The summed E-state index contributed by atoms with van der Waals surface area (Å²) in [6.07, 6.45) is -5.22. The Morgan fingerprint density at radius 2 is 0.814 bits per heavy atom. The summed E-state index contributed by atoms with van der Waals surface area (Å²) in [4.78, 5) is 178. The fourth-order valence-electron chi connectivity index (χ4n) is 9.79. The Morgan fingerprint density at radius 1 is 0.461 bits per heavy atom. The van der Waals surface area contributed by atoms with Crippen molar-refractivity contribution in [3.63, 3.8) is 0 Å². The van der Waals surface area contributed by atoms with Crippen molar-refractivity contribution in [1.29, 1.82) is 5.41 Å². The fraction of sp³-hybridized carbons (Fsp3) is 0.581. The number of nitrogens with two attached hydrogens (primary N) is 7. The van der Waals surface area contributed by atoms with Crippen LogP contribution in [0.1, 0.15) is 96.6 Å². The second kappa shape index (κ2) is 45.0. The van der Waals surface area contributed by atoms with Crippen LogP contribution in [0.2, 0.25) is 0 Å². The largest absolute Gasteiger partial charge is 0.508 e. The van der Waals surface area contributed by atoms with Crippen LogP contribution in [0.3, 0.4) is 0 Å². The zero-order valence-corrected chi connectivity index (χ0v) is 59.0. The molecule has 0 radical (unpaired) electrons. The first-order valence-corrected chi connectivity index (χ1v) is 33.7. The topological polar surface area (TPSA) is 673 Å². The first-order valence-electron chi connectivity index (χ1n) is 32.7. The molecule has 0 aliphatic rings. The van der Waals surface area contributed by atoms with Crippen LogP contribution in [0.15, 0.2) is 48.5 Å². The van der Waals surface area contributed by atoms with Crippen LogP contribution in [-0.4, -0.2) is 236 Å². The lowest BCUT2D eigenvalue weighted by Crippen LogP contribution is -2.63. The number of primary amides is 1. The van der Waals surface area contributed by atoms with Crippen molar-refractivity contribution in [2.24, 2.45) is 40.1 Å². The monoisotopic (exact) mass is 1480 g/mol. The van der Waals surface area contributed by atoms with E-state index in [4.69, 9.17) is 45.5 Å². The number of aliphatic hydroxyl groups is 2. The predicted octanol–water partition coefficient (Wildman–Crippen LogP) is -8.66. The Balaban J connectivity index is 2.36. The molecule has 40 heteroatoms. The fourth-order valence-corrected chi connectivity index (χ4v) is 10.2. The van der Waals surface area contributed by atoms with Crippen molar-refractivity contribution in [3.05, 3.63) is 59.7 Å². The van der Waals surface area contributed by atoms with E-state index < -0.39 is 184 Å². The van der Waals surface area contributed by atoms with Gasteiger partial charge in [0.25, 0.3) is 0 Å². The molecule has 0 bridgehead atoms. The molecule has 2 aromatic carbocycles. The van der Waals surface area contributed by atoms with Gasteiger partial charge in [-0.15, -0.1) is 0 Å². The Bertz CT molecular complexity index is 3150. The molecule has 570 valence electrons. The minimum absolute atomic E-state index is 0.00289. The van der Waals surface area contributed by atoms with Gasteiger partial charge in [0.15, 0.2) is 5.96 Å². The summed E-state index contributed by atoms with van der Waals surface area (Å²) in [5, 5.41) is 87.2. The smallest absolute Gasteiger partial charge is 0.326 e. The van der Waals surface area contributed by atoms with Gasteiger partial charge in [-0.25, -0.2) is 4.79 Å². The van der Waals surface area contributed by atoms with Crippen molar-refractivity contribution < 1.29 is 87.9 Å². The molecule has 0 heterocycles. The molecule has 0 unspecified atom stereocenters. The molecule has 0 fully saturated rings. The SMILES string of the molecule is C[C@@H](O)[C@H](NC(=O)[C@H](CCN)NC(=O)[C@H](CS)NC(=O)[C@H](CCCCN)NC(=O)[C@@H](CCN)NC(=O)[C@@H](NC(=O)[C@H](CCN)NC(=O)[C@H](CCCNC(=N)N)NC(=O)[C@H](CC(N)=O)NC(=O)[C@@H](NC(=O)[C@@H](N)Cc1ccc(O)cc1)C(C)(C)S)[C@@H](C)O)C(=O)N[C@@H](Cc1ccc(O)cc1)C(=O)O. The zero-order valence-electron chi connectivity index (χ0n) is 57.2. The van der Waals surface area contributed by atoms with Crippen LogP contribution in [0.4, 0.5) is 0 Å². The minimum Gasteiger partial charge on any atom is -0.508 e. The number of unbranched alkanes of at least 4 members (excludes halogenated alkanes) is 1. The number of guanidine groups is 1. The molecule has 2 aromatic rings. The van der Waals surface area contributed by atoms with Gasteiger partial charge in [-0.1, -0.05) is 24.3 Å². The normalized spacial score (nSPS) is 15.4. The summed E-state index contributed by atoms with van der Waals surface area (Å²) in [6, 6.07) is -7.85. The number of benzene rings is 2. The highest BCUT2D eigenvalue weighted by Crippen LogP contribution is 2.20. The Labute approximate surface area is 600 Å². The van der Waals surface area contributed by atoms with Gasteiger partial charge in [0, 0.05) is 23.5 Å². The van der Waals surface area contributed by atoms with Gasteiger partial charge in [0.1, 0.15) is 78.0 Å². The number of carboxylic acid groups (broad SMARTS) is 1. The number of nitrogens with one attached hydrogen (secondary N) is 13. The van der Waals surface area contributed by atoms with Crippen LogP contribution in [0.5, 0.6) is 11.5 Å². The number of aromatic hydroxyl groups is 2. The van der Waals surface area contributed by atoms with Gasteiger partial charge >= 0.3 is 5.97 Å². The van der Waals surface area contributed by atoms with Crippen LogP contribution in [0.25, 0.3) is 0 Å². The van der Waals surface area contributed by atoms with Crippen molar-refractivity contribution in [2.45, 2.75) is 188 Å². The van der Waals surface area contributed by atoms with Crippen LogP contribution < -0.4 is 104 Å². The number of phenolic OH excluding ortho intramolecular Hbond substituents is 2. The van der Waals surface area contributed by atoms with E-state index in [2.05, 4.69) is 89.1 Å². The van der Waals surface area contributed by atoms with Crippen LogP contribution >= 0.6 is 25.3 Å². The Kier molecular flexibility index (Phi) is 39.2. The maximum absolute atomic E-state index is 14.3. The van der Waals surface area contributed by atoms with E-state index in [9.17, 15) is 87.9 Å². The van der Waals surface area contributed by atoms with Crippen LogP contribution in [0, 0.1) is 5.41 Å². The first-order chi connectivity index (χ1) is 47.9. The average Bonchev–Trinajstić information content (AvgIpc) is 0.814. The van der Waals surface area contributed by atoms with Crippen molar-refractivity contribution in [3.8, 4) is 11.5 Å². The van der Waals surface area contributed by atoms with E-state index in [1.807, 2.05) is 0 Å². The first kappa shape index (κ1) is 88.9. The third-order valence-corrected chi connectivity index (χ3v) is 16.0. The highest BCUT2D eigenvalue weighted by atomic mass is 32.1. The Morgan fingerprint density at radius 3 is 1.19 bits per heavy atom. The average molecular weight is 1480 g/mol. The maximum Gasteiger partial charge on any atom is 0.326 e. The van der Waals surface area contributed by atoms with Gasteiger partial charge in [-0.05, 0) is 147 Å². The van der Waals surface area contributed by atoms with Crippen molar-refractivity contribution in [2.75, 3.05) is 38.5 Å². The van der Waals surface area contributed by atoms with Crippen LogP contribution in [-0.2, 0) is 75.2 Å². The third kappa shape index (κ3) is 31.8. The molecule has 0 aliphatic carbocycles. The van der Waals surface area contributed by atoms with E-state index in [-0.39, 0.29) is 102 Å². The molecule has 38 nitrogen and oxygen atoms in total. The lowest BCUT2D eigenvalue weighted by molar-refractivity contribution is -0.143. The highest BCUT2D eigenvalue weighted by molar-refractivity contribution is 7.81. The number of hydrogen-bond donors (Lipinski definition) is 27. The number of phenols is 2. The quantitative estimate of drug-likeness (QED) is 0.0127. The predicted molar refractivity (Wildman–Crippen MR) is 378 cm³/mol. The van der Waals surface area contributed by atoms with Gasteiger partial charge in [-0.2, -0.15) is 25.3 Å². The number of rotatable bonds is 47. The minimum atomic E-state index is -1.90. The number of hydrogen-bond acceptors (Lipinski definition) is 25. The number of carbonyl (C=O) groups excluding carboxylic acids is 12. The summed E-state index contributed by atoms with van der Waals surface area (Å²) in [5.41, 5.74) is 41.3. The second-order valence-corrected chi connectivity index (χ2v) is 26.1. The summed E-state index contributed by atoms with van der Waals surface area (Å²) in [6.45, 7) is 4.50. The number of aliphatic carboxylic acids is 1. The highest BCUT2D eigenvalue weighted by Gasteiger charge is 2.40. The summed E-state index contributed by atoms with van der Waals surface area (Å²) >= 11 is 8.70. The number of carbonyl (C=O) groups is 13. The molecule has 0 aromatic heterocycles. The summed E-state index contributed by atoms with van der Waals surface area (Å²) in [5.74, 6) is -15.1. The molecule has 0 spiro atoms. The molecule has 102 heavy (non-hydrogen) atoms. The molecular weight excluding hydrogens is 1380 g/mol. The number of amides is 12. The molecular formula is C62H102N20O18S2. The molecule has 14 atom stereocenters. The molecule has 2 rings (SSSR count). The lowest BCUT2D eigenvalue weighted by Gasteiger charge is -2.32. The lowest BCUT2D eigenvalue weighted by atomic mass is 9.99. The molecule has 32 N–H and O–H groups in total. The van der Waals surface area contributed by atoms with E-state index in [0.717, 1.165) is 13.8 Å². The number of aliphatic hydroxyl groups excluding tert-OH is 2. The zero-order chi connectivity index (χ0) is 77.1. The van der Waals surface area contributed by atoms with E-state index in [0.29, 0.717) is 17.5 Å². The van der Waals surface area contributed by atoms with E-state index in [1.165, 1.54) is 62.4 Å². The van der Waals surface area contributed by atoms with Crippen molar-refractivity contribution in [1.82, 2.24) is 63.8 Å². The maximum atomic E-state index is 14.3. The van der Waals surface area contributed by atoms with E-state index >= 15 is 0 Å². The number of thiol groups is 2. The molecule has 0 aliphatic heterocycles. The summed E-state index contributed by atoms with van der Waals surface area (Å²) in [7, 11) is 0. The molecule has 0 saturated heterocycles.